The smallest absolute Gasteiger partial charge is 0.258 e. The van der Waals surface area contributed by atoms with Crippen molar-refractivity contribution in [2.75, 3.05) is 38.6 Å². The van der Waals surface area contributed by atoms with E-state index in [2.05, 4.69) is 10.3 Å². The summed E-state index contributed by atoms with van der Waals surface area (Å²) in [5.74, 6) is 0.187. The molecule has 0 radical (unpaired) electrons. The molecule has 2 aromatic rings. The second-order valence-corrected chi connectivity index (χ2v) is 8.42. The van der Waals surface area contributed by atoms with Crippen LogP contribution >= 0.6 is 0 Å². The SMILES string of the molecule is CN(CCO)CCCNc1cc2c(c3c1C(=O)c1ccccc1C3=O)[NH+]=C1C=CC=CC1O2. The number of carbonyl (C=O) groups excluding carboxylic acids is 2. The molecule has 0 fully saturated rings. The van der Waals surface area contributed by atoms with Crippen molar-refractivity contribution in [1.29, 1.82) is 0 Å². The number of aliphatic hydroxyl groups excluding tert-OH is 1. The first-order valence-corrected chi connectivity index (χ1v) is 11.2. The van der Waals surface area contributed by atoms with Gasteiger partial charge in [0.2, 0.25) is 17.6 Å². The maximum Gasteiger partial charge on any atom is 0.258 e. The summed E-state index contributed by atoms with van der Waals surface area (Å²) in [7, 11) is 1.95. The average molecular weight is 445 g/mol. The molecule has 0 saturated carbocycles. The standard InChI is InChI=1S/C26H25N3O4/c1-29(13-14-30)12-6-11-27-19-15-21-24(28-18-9-4-5-10-20(18)33-21)23-22(19)25(31)16-7-2-3-8-17(16)26(23)32/h2-5,7-10,15,20,27,30H,6,11-14H2,1H3/p+1. The van der Waals surface area contributed by atoms with Crippen LogP contribution in [0.2, 0.25) is 0 Å². The van der Waals surface area contributed by atoms with Gasteiger partial charge in [-0.25, -0.2) is 4.99 Å². The van der Waals surface area contributed by atoms with Crippen molar-refractivity contribution in [1.82, 2.24) is 4.90 Å². The molecule has 5 rings (SSSR count). The van der Waals surface area contributed by atoms with Crippen molar-refractivity contribution in [2.24, 2.45) is 0 Å². The van der Waals surface area contributed by atoms with Gasteiger partial charge in [-0.3, -0.25) is 9.59 Å². The van der Waals surface area contributed by atoms with Crippen molar-refractivity contribution in [3.05, 3.63) is 76.9 Å². The van der Waals surface area contributed by atoms with E-state index in [9.17, 15) is 9.59 Å². The molecular weight excluding hydrogens is 418 g/mol. The fourth-order valence-corrected chi connectivity index (χ4v) is 4.50. The van der Waals surface area contributed by atoms with E-state index < -0.39 is 0 Å². The van der Waals surface area contributed by atoms with Gasteiger partial charge in [0.15, 0.2) is 11.5 Å². The molecule has 0 saturated heterocycles. The Morgan fingerprint density at radius 3 is 2.61 bits per heavy atom. The summed E-state index contributed by atoms with van der Waals surface area (Å²) in [6.45, 7) is 2.14. The predicted molar refractivity (Wildman–Crippen MR) is 126 cm³/mol. The first kappa shape index (κ1) is 21.3. The quantitative estimate of drug-likeness (QED) is 0.475. The number of benzene rings is 2. The molecule has 0 aromatic heterocycles. The van der Waals surface area contributed by atoms with E-state index in [0.29, 0.717) is 52.5 Å². The molecule has 0 spiro atoms. The molecule has 2 aromatic carbocycles. The molecule has 1 heterocycles. The summed E-state index contributed by atoms with van der Waals surface area (Å²) in [6, 6.07) is 8.77. The van der Waals surface area contributed by atoms with Crippen molar-refractivity contribution in [2.45, 2.75) is 12.5 Å². The predicted octanol–water partition coefficient (Wildman–Crippen LogP) is 1.23. The highest BCUT2D eigenvalue weighted by molar-refractivity contribution is 6.32. The zero-order valence-electron chi connectivity index (χ0n) is 18.4. The molecule has 3 aliphatic rings. The number of hydrogen-bond donors (Lipinski definition) is 3. The second-order valence-electron chi connectivity index (χ2n) is 8.42. The normalized spacial score (nSPS) is 17.7. The number of carbonyl (C=O) groups is 2. The Kier molecular flexibility index (Phi) is 5.66. The van der Waals surface area contributed by atoms with Gasteiger partial charge in [0, 0.05) is 36.4 Å². The number of hydrogen-bond acceptors (Lipinski definition) is 6. The molecule has 33 heavy (non-hydrogen) atoms. The topological polar surface area (TPSA) is 92.8 Å². The van der Waals surface area contributed by atoms with Crippen LogP contribution in [0, 0.1) is 0 Å². The molecule has 168 valence electrons. The fourth-order valence-electron chi connectivity index (χ4n) is 4.50. The van der Waals surface area contributed by atoms with Crippen LogP contribution in [-0.2, 0) is 0 Å². The fraction of sp³-hybridized carbons (Fsp3) is 0.269. The van der Waals surface area contributed by atoms with Crippen molar-refractivity contribution in [3.63, 3.8) is 0 Å². The van der Waals surface area contributed by atoms with Crippen LogP contribution in [0.3, 0.4) is 0 Å². The van der Waals surface area contributed by atoms with Crippen LogP contribution in [0.5, 0.6) is 5.75 Å². The third kappa shape index (κ3) is 3.79. The molecular formula is C26H26N3O4+. The summed E-state index contributed by atoms with van der Waals surface area (Å²) >= 11 is 0. The highest BCUT2D eigenvalue weighted by Gasteiger charge is 2.40. The maximum atomic E-state index is 13.6. The van der Waals surface area contributed by atoms with Crippen LogP contribution in [0.25, 0.3) is 0 Å². The largest absolute Gasteiger partial charge is 0.468 e. The van der Waals surface area contributed by atoms with Crippen molar-refractivity contribution >= 4 is 28.7 Å². The van der Waals surface area contributed by atoms with Crippen molar-refractivity contribution < 1.29 is 24.4 Å². The Morgan fingerprint density at radius 2 is 1.85 bits per heavy atom. The van der Waals surface area contributed by atoms with E-state index in [1.165, 1.54) is 0 Å². The molecule has 0 bridgehead atoms. The molecule has 7 nitrogen and oxygen atoms in total. The third-order valence-electron chi connectivity index (χ3n) is 6.18. The first-order chi connectivity index (χ1) is 16.1. The molecule has 1 unspecified atom stereocenters. The lowest BCUT2D eigenvalue weighted by Gasteiger charge is -2.26. The highest BCUT2D eigenvalue weighted by atomic mass is 16.5. The van der Waals surface area contributed by atoms with Crippen LogP contribution < -0.4 is 15.0 Å². The lowest BCUT2D eigenvalue weighted by molar-refractivity contribution is -0.362. The number of aliphatic hydroxyl groups is 1. The molecule has 2 aliphatic carbocycles. The summed E-state index contributed by atoms with van der Waals surface area (Å²) in [5.41, 5.74) is 3.53. The van der Waals surface area contributed by atoms with Crippen LogP contribution in [-0.4, -0.2) is 66.7 Å². The van der Waals surface area contributed by atoms with E-state index in [0.717, 1.165) is 18.7 Å². The number of anilines is 1. The Hall–Kier alpha value is -3.55. The zero-order valence-corrected chi connectivity index (χ0v) is 18.4. The van der Waals surface area contributed by atoms with E-state index in [-0.39, 0.29) is 24.3 Å². The molecule has 1 aliphatic heterocycles. The lowest BCUT2D eigenvalue weighted by atomic mass is 9.81. The number of nitrogens with zero attached hydrogens (tertiary/aromatic N) is 1. The zero-order chi connectivity index (χ0) is 22.9. The monoisotopic (exact) mass is 444 g/mol. The van der Waals surface area contributed by atoms with E-state index in [1.54, 1.807) is 24.3 Å². The minimum absolute atomic E-state index is 0.117. The van der Waals surface area contributed by atoms with Crippen molar-refractivity contribution in [3.8, 4) is 5.75 Å². The number of nitrogens with one attached hydrogen (secondary N) is 2. The summed E-state index contributed by atoms with van der Waals surface area (Å²) < 4.78 is 6.21. The average Bonchev–Trinajstić information content (AvgIpc) is 2.83. The van der Waals surface area contributed by atoms with Crippen LogP contribution in [0.4, 0.5) is 11.4 Å². The van der Waals surface area contributed by atoms with Gasteiger partial charge >= 0.3 is 0 Å². The Morgan fingerprint density at radius 1 is 1.09 bits per heavy atom. The number of rotatable bonds is 7. The van der Waals surface area contributed by atoms with E-state index >= 15 is 0 Å². The summed E-state index contributed by atoms with van der Waals surface area (Å²) in [6.07, 6.45) is 8.24. The van der Waals surface area contributed by atoms with Gasteiger partial charge < -0.3 is 20.1 Å². The number of allylic oxidation sites excluding steroid dienone is 2. The van der Waals surface area contributed by atoms with Gasteiger partial charge in [-0.1, -0.05) is 36.4 Å². The number of ether oxygens (including phenoxy) is 1. The lowest BCUT2D eigenvalue weighted by Crippen LogP contribution is -2.72. The van der Waals surface area contributed by atoms with E-state index in [1.807, 2.05) is 42.3 Å². The van der Waals surface area contributed by atoms with Gasteiger partial charge in [-0.05, 0) is 26.1 Å². The number of ketones is 2. The Labute approximate surface area is 192 Å². The number of likely N-dealkylation sites (N-methyl/N-ethyl adjacent to an activating group) is 1. The van der Waals surface area contributed by atoms with Gasteiger partial charge in [-0.15, -0.1) is 0 Å². The second kappa shape index (κ2) is 8.77. The number of fused-ring (bicyclic) bond motifs is 5. The first-order valence-electron chi connectivity index (χ1n) is 11.2. The summed E-state index contributed by atoms with van der Waals surface area (Å²) in [4.78, 5) is 32.5. The minimum atomic E-state index is -0.262. The Bertz CT molecular complexity index is 1230. The molecule has 7 heteroatoms. The van der Waals surface area contributed by atoms with Gasteiger partial charge in [0.05, 0.1) is 17.9 Å². The highest BCUT2D eigenvalue weighted by Crippen LogP contribution is 2.41. The molecule has 3 N–H and O–H groups in total. The van der Waals surface area contributed by atoms with Gasteiger partial charge in [-0.2, -0.15) is 0 Å². The van der Waals surface area contributed by atoms with Crippen LogP contribution in [0.1, 0.15) is 38.3 Å². The molecule has 1 atom stereocenters. The maximum absolute atomic E-state index is 13.6. The molecule has 0 amide bonds. The third-order valence-corrected chi connectivity index (χ3v) is 6.18. The van der Waals surface area contributed by atoms with E-state index in [4.69, 9.17) is 9.84 Å². The van der Waals surface area contributed by atoms with Crippen LogP contribution in [0.15, 0.2) is 54.6 Å². The van der Waals surface area contributed by atoms with Gasteiger partial charge in [0.1, 0.15) is 5.56 Å². The summed E-state index contributed by atoms with van der Waals surface area (Å²) in [5, 5.41) is 12.4. The Balaban J connectivity index is 1.56. The minimum Gasteiger partial charge on any atom is -0.468 e. The van der Waals surface area contributed by atoms with Gasteiger partial charge in [0.25, 0.3) is 5.69 Å².